The molecule has 0 radical (unpaired) electrons. The summed E-state index contributed by atoms with van der Waals surface area (Å²) < 4.78 is 26.7. The van der Waals surface area contributed by atoms with E-state index in [1.54, 1.807) is 0 Å². The lowest BCUT2D eigenvalue weighted by Crippen LogP contribution is -2.32. The predicted molar refractivity (Wildman–Crippen MR) is 73.4 cm³/mol. The van der Waals surface area contributed by atoms with Crippen LogP contribution < -0.4 is 16.0 Å². The lowest BCUT2D eigenvalue weighted by atomic mass is 9.86. The molecule has 4 N–H and O–H groups in total. The van der Waals surface area contributed by atoms with Gasteiger partial charge in [0.05, 0.1) is 9.82 Å². The number of nitrogen functional groups attached to an aromatic ring is 1. The van der Waals surface area contributed by atoms with Gasteiger partial charge in [-0.05, 0) is 30.9 Å². The van der Waals surface area contributed by atoms with Crippen molar-refractivity contribution in [3.05, 3.63) is 28.3 Å². The third kappa shape index (κ3) is 3.06. The molecule has 1 aromatic rings. The number of nitrogens with zero attached hydrogens (tertiary/aromatic N) is 1. The van der Waals surface area contributed by atoms with Crippen LogP contribution in [0.3, 0.4) is 0 Å². The van der Waals surface area contributed by atoms with Crippen LogP contribution in [0, 0.1) is 16.0 Å². The summed E-state index contributed by atoms with van der Waals surface area (Å²) in [4.78, 5) is 10.1. The minimum atomic E-state index is -3.67. The van der Waals surface area contributed by atoms with Gasteiger partial charge in [-0.3, -0.25) is 16.0 Å². The monoisotopic (exact) mass is 300 g/mol. The summed E-state index contributed by atoms with van der Waals surface area (Å²) in [6, 6.07) is 3.47. The number of sulfonamides is 1. The third-order valence-corrected chi connectivity index (χ3v) is 4.84. The lowest BCUT2D eigenvalue weighted by Gasteiger charge is -2.25. The Morgan fingerprint density at radius 3 is 2.60 bits per heavy atom. The van der Waals surface area contributed by atoms with E-state index >= 15 is 0 Å². The smallest absolute Gasteiger partial charge is 0.293 e. The fourth-order valence-electron chi connectivity index (χ4n) is 1.96. The van der Waals surface area contributed by atoms with Crippen molar-refractivity contribution in [2.75, 3.05) is 12.0 Å². The van der Waals surface area contributed by atoms with Crippen LogP contribution >= 0.6 is 0 Å². The van der Waals surface area contributed by atoms with Crippen LogP contribution in [-0.4, -0.2) is 19.9 Å². The Bertz CT molecular complexity index is 613. The van der Waals surface area contributed by atoms with Crippen LogP contribution in [0.4, 0.5) is 11.4 Å². The minimum Gasteiger partial charge on any atom is -0.318 e. The van der Waals surface area contributed by atoms with Crippen molar-refractivity contribution in [3.63, 3.8) is 0 Å². The highest BCUT2D eigenvalue weighted by Gasteiger charge is 2.23. The molecule has 0 atom stereocenters. The molecule has 0 spiro atoms. The lowest BCUT2D eigenvalue weighted by molar-refractivity contribution is -0.384. The first kappa shape index (κ1) is 14.7. The zero-order valence-electron chi connectivity index (χ0n) is 10.7. The zero-order valence-corrected chi connectivity index (χ0v) is 11.5. The molecular formula is C11H16N4O4S. The maximum Gasteiger partial charge on any atom is 0.293 e. The summed E-state index contributed by atoms with van der Waals surface area (Å²) in [5, 5.41) is 10.7. The molecule has 1 aromatic carbocycles. The maximum absolute atomic E-state index is 12.1. The van der Waals surface area contributed by atoms with Gasteiger partial charge in [0, 0.05) is 12.6 Å². The molecule has 0 amide bonds. The van der Waals surface area contributed by atoms with Crippen molar-refractivity contribution in [2.24, 2.45) is 11.8 Å². The first-order valence-electron chi connectivity index (χ1n) is 6.19. The average Bonchev–Trinajstić information content (AvgIpc) is 2.35. The van der Waals surface area contributed by atoms with Crippen molar-refractivity contribution in [1.29, 1.82) is 0 Å². The van der Waals surface area contributed by atoms with Gasteiger partial charge < -0.3 is 5.43 Å². The van der Waals surface area contributed by atoms with Crippen molar-refractivity contribution in [3.8, 4) is 0 Å². The van der Waals surface area contributed by atoms with E-state index in [9.17, 15) is 18.5 Å². The number of nitro groups is 1. The van der Waals surface area contributed by atoms with E-state index in [0.29, 0.717) is 12.5 Å². The van der Waals surface area contributed by atoms with Crippen LogP contribution in [0.5, 0.6) is 0 Å². The highest BCUT2D eigenvalue weighted by molar-refractivity contribution is 7.89. The number of nitro benzene ring substituents is 1. The number of hydrogen-bond donors (Lipinski definition) is 3. The Kier molecular flexibility index (Phi) is 4.21. The molecule has 0 saturated heterocycles. The van der Waals surface area contributed by atoms with Crippen molar-refractivity contribution < 1.29 is 13.3 Å². The predicted octanol–water partition coefficient (Wildman–Crippen LogP) is 0.959. The van der Waals surface area contributed by atoms with Gasteiger partial charge in [0.25, 0.3) is 5.69 Å². The first-order chi connectivity index (χ1) is 9.44. The van der Waals surface area contributed by atoms with Gasteiger partial charge in [0.15, 0.2) is 0 Å². The van der Waals surface area contributed by atoms with E-state index in [4.69, 9.17) is 5.84 Å². The largest absolute Gasteiger partial charge is 0.318 e. The fraction of sp³-hybridized carbons (Fsp3) is 0.455. The molecule has 0 unspecified atom stereocenters. The molecule has 9 heteroatoms. The minimum absolute atomic E-state index is 0.0403. The molecule has 0 aliphatic heterocycles. The summed E-state index contributed by atoms with van der Waals surface area (Å²) >= 11 is 0. The Hall–Kier alpha value is -1.71. The molecule has 0 heterocycles. The van der Waals surface area contributed by atoms with Gasteiger partial charge in [-0.2, -0.15) is 0 Å². The Morgan fingerprint density at radius 1 is 1.40 bits per heavy atom. The van der Waals surface area contributed by atoms with Crippen molar-refractivity contribution in [2.45, 2.75) is 24.2 Å². The number of hydrazine groups is 1. The molecule has 2 rings (SSSR count). The molecule has 0 bridgehead atoms. The third-order valence-electron chi connectivity index (χ3n) is 3.42. The molecule has 1 saturated carbocycles. The molecule has 20 heavy (non-hydrogen) atoms. The van der Waals surface area contributed by atoms with Gasteiger partial charge in [-0.15, -0.1) is 0 Å². The number of anilines is 1. The number of nitrogens with two attached hydrogens (primary N) is 1. The Balaban J connectivity index is 2.20. The quantitative estimate of drug-likeness (QED) is 0.408. The van der Waals surface area contributed by atoms with E-state index in [0.717, 1.165) is 31.4 Å². The Morgan fingerprint density at radius 2 is 2.10 bits per heavy atom. The summed E-state index contributed by atoms with van der Waals surface area (Å²) in [6.45, 7) is 0.394. The highest BCUT2D eigenvalue weighted by atomic mass is 32.2. The summed E-state index contributed by atoms with van der Waals surface area (Å²) in [5.41, 5.74) is 1.83. The molecule has 1 aliphatic carbocycles. The Labute approximate surface area is 116 Å². The van der Waals surface area contributed by atoms with Crippen LogP contribution in [-0.2, 0) is 10.0 Å². The SMILES string of the molecule is NNc1cc(S(=O)(=O)NCC2CCC2)ccc1[N+](=O)[O-]. The van der Waals surface area contributed by atoms with Crippen molar-refractivity contribution >= 4 is 21.4 Å². The maximum atomic E-state index is 12.1. The van der Waals surface area contributed by atoms with E-state index in [1.807, 2.05) is 0 Å². The molecule has 8 nitrogen and oxygen atoms in total. The second-order valence-electron chi connectivity index (χ2n) is 4.73. The van der Waals surface area contributed by atoms with Crippen LogP contribution in [0.2, 0.25) is 0 Å². The second-order valence-corrected chi connectivity index (χ2v) is 6.50. The molecular weight excluding hydrogens is 284 g/mol. The second kappa shape index (κ2) is 5.73. The summed E-state index contributed by atoms with van der Waals surface area (Å²) in [6.07, 6.45) is 3.18. The van der Waals surface area contributed by atoms with Gasteiger partial charge in [0.2, 0.25) is 10.0 Å². The number of benzene rings is 1. The molecule has 1 fully saturated rings. The number of hydrogen-bond acceptors (Lipinski definition) is 6. The van der Waals surface area contributed by atoms with E-state index < -0.39 is 14.9 Å². The zero-order chi connectivity index (χ0) is 14.8. The standard InChI is InChI=1S/C11H16N4O4S/c12-14-10-6-9(4-5-11(10)15(16)17)20(18,19)13-7-8-2-1-3-8/h4-6,8,13-14H,1-3,7,12H2. The van der Waals surface area contributed by atoms with Crippen LogP contribution in [0.15, 0.2) is 23.1 Å². The molecule has 110 valence electrons. The van der Waals surface area contributed by atoms with Crippen LogP contribution in [0.1, 0.15) is 19.3 Å². The number of nitrogens with one attached hydrogen (secondary N) is 2. The highest BCUT2D eigenvalue weighted by Crippen LogP contribution is 2.28. The summed E-state index contributed by atoms with van der Waals surface area (Å²) in [5.74, 6) is 5.57. The normalized spacial score (nSPS) is 15.7. The first-order valence-corrected chi connectivity index (χ1v) is 7.67. The van der Waals surface area contributed by atoms with Crippen molar-refractivity contribution in [1.82, 2.24) is 4.72 Å². The van der Waals surface area contributed by atoms with E-state index in [1.165, 1.54) is 6.07 Å². The fourth-order valence-corrected chi connectivity index (χ4v) is 3.11. The average molecular weight is 300 g/mol. The van der Waals surface area contributed by atoms with Gasteiger partial charge in [0.1, 0.15) is 5.69 Å². The number of rotatable bonds is 6. The van der Waals surface area contributed by atoms with E-state index in [-0.39, 0.29) is 16.3 Å². The van der Waals surface area contributed by atoms with Gasteiger partial charge >= 0.3 is 0 Å². The molecule has 0 aromatic heterocycles. The van der Waals surface area contributed by atoms with Crippen LogP contribution in [0.25, 0.3) is 0 Å². The van der Waals surface area contributed by atoms with E-state index in [2.05, 4.69) is 10.1 Å². The molecule has 1 aliphatic rings. The van der Waals surface area contributed by atoms with Gasteiger partial charge in [-0.25, -0.2) is 13.1 Å². The summed E-state index contributed by atoms with van der Waals surface area (Å²) in [7, 11) is -3.67. The topological polar surface area (TPSA) is 127 Å². The van der Waals surface area contributed by atoms with Gasteiger partial charge in [-0.1, -0.05) is 6.42 Å².